The number of carbonyl (C=O) groups excluding carboxylic acids is 1. The van der Waals surface area contributed by atoms with Crippen molar-refractivity contribution in [2.45, 2.75) is 38.3 Å². The summed E-state index contributed by atoms with van der Waals surface area (Å²) >= 11 is 5.78. The van der Waals surface area contributed by atoms with Crippen LogP contribution in [0.3, 0.4) is 0 Å². The largest absolute Gasteiger partial charge is 0.346 e. The Morgan fingerprint density at radius 1 is 1.29 bits per heavy atom. The van der Waals surface area contributed by atoms with Crippen molar-refractivity contribution in [3.05, 3.63) is 45.4 Å². The lowest BCUT2D eigenvalue weighted by molar-refractivity contribution is -0.133. The molecule has 2 aromatic heterocycles. The molecule has 0 bridgehead atoms. The van der Waals surface area contributed by atoms with E-state index >= 15 is 0 Å². The Labute approximate surface area is 143 Å². The average molecular weight is 348 g/mol. The van der Waals surface area contributed by atoms with Crippen LogP contribution in [0.15, 0.2) is 23.1 Å². The van der Waals surface area contributed by atoms with Gasteiger partial charge in [0.1, 0.15) is 17.0 Å². The standard InChI is InChI=1S/C16H18ClN5O2/c17-13-5-3-11(9-18-13)10-21-16(24)22-12(4-6-14(22)19-21)15(23)20-7-1-2-8-20/h3,5,9,12H,1-2,4,6-8,10H2. The first-order valence-electron chi connectivity index (χ1n) is 8.21. The summed E-state index contributed by atoms with van der Waals surface area (Å²) in [5.74, 6) is 0.750. The van der Waals surface area contributed by atoms with Gasteiger partial charge < -0.3 is 4.90 Å². The lowest BCUT2D eigenvalue weighted by Crippen LogP contribution is -2.38. The first-order chi connectivity index (χ1) is 11.6. The van der Waals surface area contributed by atoms with Gasteiger partial charge in [-0.2, -0.15) is 5.10 Å². The van der Waals surface area contributed by atoms with E-state index in [0.717, 1.165) is 31.5 Å². The van der Waals surface area contributed by atoms with Gasteiger partial charge in [-0.25, -0.2) is 14.5 Å². The van der Waals surface area contributed by atoms with E-state index in [1.165, 1.54) is 4.68 Å². The number of halogens is 1. The highest BCUT2D eigenvalue weighted by Gasteiger charge is 2.35. The molecular formula is C16H18ClN5O2. The Bertz CT molecular complexity index is 820. The molecule has 0 aromatic carbocycles. The molecule has 1 amide bonds. The molecule has 1 atom stereocenters. The van der Waals surface area contributed by atoms with Crippen molar-refractivity contribution in [1.29, 1.82) is 0 Å². The van der Waals surface area contributed by atoms with E-state index in [0.29, 0.717) is 30.4 Å². The summed E-state index contributed by atoms with van der Waals surface area (Å²) in [6, 6.07) is 3.10. The Kier molecular flexibility index (Phi) is 3.88. The maximum absolute atomic E-state index is 12.7. The first kappa shape index (κ1) is 15.4. The van der Waals surface area contributed by atoms with Crippen LogP contribution >= 0.6 is 11.6 Å². The van der Waals surface area contributed by atoms with Crippen molar-refractivity contribution in [1.82, 2.24) is 24.2 Å². The van der Waals surface area contributed by atoms with Gasteiger partial charge in [-0.1, -0.05) is 17.7 Å². The van der Waals surface area contributed by atoms with Crippen LogP contribution < -0.4 is 5.69 Å². The summed E-state index contributed by atoms with van der Waals surface area (Å²) in [5, 5.41) is 4.81. The van der Waals surface area contributed by atoms with Crippen LogP contribution in [0.5, 0.6) is 0 Å². The molecule has 0 radical (unpaired) electrons. The predicted octanol–water partition coefficient (Wildman–Crippen LogP) is 1.25. The number of aryl methyl sites for hydroxylation is 1. The summed E-state index contributed by atoms with van der Waals surface area (Å²) in [5.41, 5.74) is 0.621. The van der Waals surface area contributed by atoms with Gasteiger partial charge in [0, 0.05) is 25.7 Å². The van der Waals surface area contributed by atoms with Gasteiger partial charge in [-0.05, 0) is 30.9 Å². The molecule has 7 nitrogen and oxygen atoms in total. The van der Waals surface area contributed by atoms with Gasteiger partial charge in [0.15, 0.2) is 0 Å². The smallest absolute Gasteiger partial charge is 0.341 e. The fourth-order valence-electron chi connectivity index (χ4n) is 3.50. The maximum Gasteiger partial charge on any atom is 0.346 e. The highest BCUT2D eigenvalue weighted by Crippen LogP contribution is 2.26. The second-order valence-electron chi connectivity index (χ2n) is 6.30. The molecule has 2 aliphatic rings. The number of rotatable bonds is 3. The minimum absolute atomic E-state index is 0.0565. The first-order valence-corrected chi connectivity index (χ1v) is 8.59. The van der Waals surface area contributed by atoms with E-state index in [1.807, 2.05) is 11.0 Å². The summed E-state index contributed by atoms with van der Waals surface area (Å²) in [4.78, 5) is 31.3. The zero-order valence-corrected chi connectivity index (χ0v) is 13.9. The lowest BCUT2D eigenvalue weighted by atomic mass is 10.2. The molecule has 0 saturated carbocycles. The maximum atomic E-state index is 12.7. The molecule has 24 heavy (non-hydrogen) atoms. The molecule has 0 aliphatic carbocycles. The summed E-state index contributed by atoms with van der Waals surface area (Å²) in [7, 11) is 0. The lowest BCUT2D eigenvalue weighted by Gasteiger charge is -2.20. The van der Waals surface area contributed by atoms with E-state index in [4.69, 9.17) is 11.6 Å². The van der Waals surface area contributed by atoms with Gasteiger partial charge in [0.05, 0.1) is 6.54 Å². The molecule has 1 unspecified atom stereocenters. The van der Waals surface area contributed by atoms with Crippen molar-refractivity contribution >= 4 is 17.5 Å². The Morgan fingerprint density at radius 2 is 2.08 bits per heavy atom. The van der Waals surface area contributed by atoms with E-state index in [2.05, 4.69) is 10.1 Å². The van der Waals surface area contributed by atoms with Crippen molar-refractivity contribution < 1.29 is 4.79 Å². The number of amides is 1. The zero-order valence-electron chi connectivity index (χ0n) is 13.2. The van der Waals surface area contributed by atoms with Crippen LogP contribution in [0.4, 0.5) is 0 Å². The topological polar surface area (TPSA) is 73.0 Å². The minimum Gasteiger partial charge on any atom is -0.341 e. The molecule has 4 heterocycles. The number of nitrogens with zero attached hydrogens (tertiary/aromatic N) is 5. The van der Waals surface area contributed by atoms with E-state index in [9.17, 15) is 9.59 Å². The third-order valence-corrected chi connectivity index (χ3v) is 4.94. The second-order valence-corrected chi connectivity index (χ2v) is 6.69. The zero-order chi connectivity index (χ0) is 16.7. The van der Waals surface area contributed by atoms with Crippen molar-refractivity contribution in [3.8, 4) is 0 Å². The van der Waals surface area contributed by atoms with Crippen LogP contribution in [0.2, 0.25) is 5.15 Å². The summed E-state index contributed by atoms with van der Waals surface area (Å²) in [6.07, 6.45) is 5.04. The number of aromatic nitrogens is 4. The molecule has 4 rings (SSSR count). The molecule has 8 heteroatoms. The normalized spacial score (nSPS) is 19.7. The van der Waals surface area contributed by atoms with Gasteiger partial charge in [0.2, 0.25) is 5.91 Å². The number of carbonyl (C=O) groups is 1. The molecule has 1 fully saturated rings. The van der Waals surface area contributed by atoms with Crippen LogP contribution in [0.25, 0.3) is 0 Å². The molecular weight excluding hydrogens is 330 g/mol. The monoisotopic (exact) mass is 347 g/mol. The third-order valence-electron chi connectivity index (χ3n) is 4.72. The minimum atomic E-state index is -0.400. The predicted molar refractivity (Wildman–Crippen MR) is 88.0 cm³/mol. The van der Waals surface area contributed by atoms with Crippen molar-refractivity contribution in [2.75, 3.05) is 13.1 Å². The molecule has 1 saturated heterocycles. The Morgan fingerprint density at radius 3 is 2.79 bits per heavy atom. The summed E-state index contributed by atoms with van der Waals surface area (Å²) in [6.45, 7) is 1.92. The number of fused-ring (bicyclic) bond motifs is 1. The quantitative estimate of drug-likeness (QED) is 0.783. The van der Waals surface area contributed by atoms with Gasteiger partial charge in [-0.3, -0.25) is 9.36 Å². The van der Waals surface area contributed by atoms with Crippen LogP contribution in [0.1, 0.15) is 36.7 Å². The molecule has 0 spiro atoms. The number of hydrogen-bond donors (Lipinski definition) is 0. The average Bonchev–Trinajstić information content (AvgIpc) is 3.29. The van der Waals surface area contributed by atoms with Crippen molar-refractivity contribution in [2.24, 2.45) is 0 Å². The highest BCUT2D eigenvalue weighted by atomic mass is 35.5. The SMILES string of the molecule is O=C(C1CCc2nn(Cc3ccc(Cl)nc3)c(=O)n21)N1CCCC1. The second kappa shape index (κ2) is 6.05. The molecule has 126 valence electrons. The van der Waals surface area contributed by atoms with Gasteiger partial charge >= 0.3 is 5.69 Å². The van der Waals surface area contributed by atoms with Gasteiger partial charge in [0.25, 0.3) is 0 Å². The van der Waals surface area contributed by atoms with Crippen LogP contribution in [0, 0.1) is 0 Å². The summed E-state index contributed by atoms with van der Waals surface area (Å²) < 4.78 is 2.98. The van der Waals surface area contributed by atoms with Crippen LogP contribution in [-0.2, 0) is 17.8 Å². The number of likely N-dealkylation sites (tertiary alicyclic amines) is 1. The molecule has 2 aliphatic heterocycles. The van der Waals surface area contributed by atoms with Crippen molar-refractivity contribution in [3.63, 3.8) is 0 Å². The fraction of sp³-hybridized carbons (Fsp3) is 0.500. The van der Waals surface area contributed by atoms with E-state index in [-0.39, 0.29) is 11.6 Å². The van der Waals surface area contributed by atoms with Crippen LogP contribution in [-0.4, -0.2) is 43.2 Å². The third kappa shape index (κ3) is 2.62. The fourth-order valence-corrected chi connectivity index (χ4v) is 3.61. The molecule has 2 aromatic rings. The molecule has 0 N–H and O–H groups in total. The number of pyridine rings is 1. The van der Waals surface area contributed by atoms with Gasteiger partial charge in [-0.15, -0.1) is 0 Å². The Hall–Kier alpha value is -2.15. The number of hydrogen-bond acceptors (Lipinski definition) is 4. The Balaban J connectivity index is 1.60. The van der Waals surface area contributed by atoms with E-state index < -0.39 is 6.04 Å². The highest BCUT2D eigenvalue weighted by molar-refractivity contribution is 6.29. The van der Waals surface area contributed by atoms with E-state index in [1.54, 1.807) is 16.8 Å².